The molecule has 1 aliphatic carbocycles. The zero-order valence-electron chi connectivity index (χ0n) is 16.1. The molecule has 1 amide bonds. The van der Waals surface area contributed by atoms with E-state index >= 15 is 0 Å². The summed E-state index contributed by atoms with van der Waals surface area (Å²) in [6, 6.07) is -0.0536. The zero-order valence-corrected chi connectivity index (χ0v) is 16.1. The average molecular weight is 391 g/mol. The smallest absolute Gasteiger partial charge is 0.357 e. The van der Waals surface area contributed by atoms with Gasteiger partial charge in [-0.1, -0.05) is 12.8 Å². The van der Waals surface area contributed by atoms with Crippen molar-refractivity contribution in [2.45, 2.75) is 57.7 Å². The Labute approximate surface area is 159 Å². The van der Waals surface area contributed by atoms with Crippen molar-refractivity contribution in [2.75, 3.05) is 39.3 Å². The normalized spacial score (nSPS) is 22.2. The van der Waals surface area contributed by atoms with Gasteiger partial charge in [0.25, 0.3) is 0 Å². The highest BCUT2D eigenvalue weighted by molar-refractivity contribution is 5.80. The molecule has 1 saturated carbocycles. The zero-order chi connectivity index (χ0) is 19.7. The van der Waals surface area contributed by atoms with Crippen LogP contribution in [0.25, 0.3) is 0 Å². The Kier molecular flexibility index (Phi) is 8.66. The molecular weight excluding hydrogens is 359 g/mol. The van der Waals surface area contributed by atoms with E-state index in [1.54, 1.807) is 0 Å². The fraction of sp³-hybridized carbons (Fsp3) is 0.889. The first-order valence-electron chi connectivity index (χ1n) is 9.96. The van der Waals surface area contributed by atoms with Crippen LogP contribution in [0.15, 0.2) is 4.99 Å². The summed E-state index contributed by atoms with van der Waals surface area (Å²) in [4.78, 5) is 17.7. The molecule has 0 aromatic carbocycles. The summed E-state index contributed by atoms with van der Waals surface area (Å²) in [6.45, 7) is 3.41. The van der Waals surface area contributed by atoms with E-state index in [0.29, 0.717) is 57.4 Å². The number of guanidine groups is 1. The Balaban J connectivity index is 1.68. The van der Waals surface area contributed by atoms with E-state index in [0.717, 1.165) is 12.8 Å². The van der Waals surface area contributed by atoms with Gasteiger partial charge < -0.3 is 16.0 Å². The second kappa shape index (κ2) is 10.7. The number of aliphatic imine (C=N–C) groups is 1. The topological polar surface area (TPSA) is 68.8 Å². The highest BCUT2D eigenvalue weighted by Crippen LogP contribution is 2.27. The summed E-state index contributed by atoms with van der Waals surface area (Å²) in [5.74, 6) is 1.18. The second-order valence-corrected chi connectivity index (χ2v) is 7.45. The molecule has 9 heteroatoms. The Hall–Kier alpha value is -1.51. The van der Waals surface area contributed by atoms with Gasteiger partial charge in [-0.15, -0.1) is 0 Å². The van der Waals surface area contributed by atoms with Crippen molar-refractivity contribution in [1.29, 1.82) is 0 Å². The number of rotatable bonds is 8. The lowest BCUT2D eigenvalue weighted by atomic mass is 10.0. The molecule has 1 aliphatic heterocycles. The number of carbonyl (C=O) groups excluding carboxylic acids is 1. The molecule has 27 heavy (non-hydrogen) atoms. The quantitative estimate of drug-likeness (QED) is 0.336. The van der Waals surface area contributed by atoms with Crippen molar-refractivity contribution in [3.05, 3.63) is 0 Å². The first-order valence-corrected chi connectivity index (χ1v) is 9.96. The highest BCUT2D eigenvalue weighted by atomic mass is 19.4. The maximum atomic E-state index is 12.5. The molecule has 0 spiro atoms. The van der Waals surface area contributed by atoms with E-state index in [-0.39, 0.29) is 11.9 Å². The van der Waals surface area contributed by atoms with Gasteiger partial charge in [0.15, 0.2) is 5.96 Å². The predicted molar refractivity (Wildman–Crippen MR) is 99.6 cm³/mol. The Morgan fingerprint density at radius 1 is 1.19 bits per heavy atom. The van der Waals surface area contributed by atoms with E-state index in [9.17, 15) is 18.0 Å². The van der Waals surface area contributed by atoms with Crippen LogP contribution in [0.5, 0.6) is 0 Å². The molecule has 1 atom stereocenters. The SMILES string of the molecule is CCNC(=NCCNC(=O)CC1CCCC1)NC1CCN(CC(F)(F)F)C1. The van der Waals surface area contributed by atoms with E-state index in [4.69, 9.17) is 0 Å². The number of nitrogens with one attached hydrogen (secondary N) is 3. The fourth-order valence-corrected chi connectivity index (χ4v) is 3.77. The van der Waals surface area contributed by atoms with Gasteiger partial charge in [-0.3, -0.25) is 14.7 Å². The molecule has 0 aromatic heterocycles. The van der Waals surface area contributed by atoms with Crippen LogP contribution in [0.1, 0.15) is 45.4 Å². The van der Waals surface area contributed by atoms with Crippen LogP contribution in [-0.4, -0.2) is 68.3 Å². The van der Waals surface area contributed by atoms with Gasteiger partial charge in [0.1, 0.15) is 0 Å². The average Bonchev–Trinajstić information content (AvgIpc) is 3.22. The largest absolute Gasteiger partial charge is 0.401 e. The second-order valence-electron chi connectivity index (χ2n) is 7.45. The lowest BCUT2D eigenvalue weighted by Crippen LogP contribution is -2.45. The number of likely N-dealkylation sites (tertiary alicyclic amines) is 1. The molecule has 2 rings (SSSR count). The lowest BCUT2D eigenvalue weighted by Gasteiger charge is -2.19. The van der Waals surface area contributed by atoms with E-state index in [1.165, 1.54) is 17.7 Å². The number of hydrogen-bond donors (Lipinski definition) is 3. The van der Waals surface area contributed by atoms with Crippen LogP contribution in [0.3, 0.4) is 0 Å². The summed E-state index contributed by atoms with van der Waals surface area (Å²) in [6.07, 6.45) is 1.82. The third kappa shape index (κ3) is 8.81. The summed E-state index contributed by atoms with van der Waals surface area (Å²) >= 11 is 0. The molecule has 0 bridgehead atoms. The van der Waals surface area contributed by atoms with E-state index in [2.05, 4.69) is 20.9 Å². The van der Waals surface area contributed by atoms with Gasteiger partial charge in [0.05, 0.1) is 13.1 Å². The molecule has 1 saturated heterocycles. The lowest BCUT2D eigenvalue weighted by molar-refractivity contribution is -0.143. The minimum atomic E-state index is -4.16. The molecule has 0 aromatic rings. The van der Waals surface area contributed by atoms with Gasteiger partial charge in [-0.05, 0) is 32.1 Å². The predicted octanol–water partition coefficient (Wildman–Crippen LogP) is 1.87. The first-order chi connectivity index (χ1) is 12.9. The molecule has 0 radical (unpaired) electrons. The minimum absolute atomic E-state index is 0.0536. The number of nitrogens with zero attached hydrogens (tertiary/aromatic N) is 2. The van der Waals surface area contributed by atoms with Crippen molar-refractivity contribution in [1.82, 2.24) is 20.9 Å². The third-order valence-electron chi connectivity index (χ3n) is 5.01. The van der Waals surface area contributed by atoms with Crippen molar-refractivity contribution in [2.24, 2.45) is 10.9 Å². The van der Waals surface area contributed by atoms with Crippen molar-refractivity contribution >= 4 is 11.9 Å². The Morgan fingerprint density at radius 3 is 2.59 bits per heavy atom. The molecule has 1 unspecified atom stereocenters. The molecule has 6 nitrogen and oxygen atoms in total. The van der Waals surface area contributed by atoms with E-state index < -0.39 is 12.7 Å². The van der Waals surface area contributed by atoms with Crippen LogP contribution >= 0.6 is 0 Å². The van der Waals surface area contributed by atoms with Gasteiger partial charge in [-0.2, -0.15) is 13.2 Å². The summed E-state index contributed by atoms with van der Waals surface area (Å²) in [5, 5.41) is 9.20. The number of alkyl halides is 3. The highest BCUT2D eigenvalue weighted by Gasteiger charge is 2.34. The monoisotopic (exact) mass is 391 g/mol. The van der Waals surface area contributed by atoms with E-state index in [1.807, 2.05) is 6.92 Å². The summed E-state index contributed by atoms with van der Waals surface area (Å²) < 4.78 is 37.5. The van der Waals surface area contributed by atoms with Crippen molar-refractivity contribution in [3.8, 4) is 0 Å². The standard InChI is InChI=1S/C18H32F3N5O/c1-2-22-17(25-15-7-10-26(12-15)13-18(19,20)21)24-9-8-23-16(27)11-14-5-3-4-6-14/h14-15H,2-13H2,1H3,(H,23,27)(H2,22,24,25). The molecular formula is C18H32F3N5O. The molecule has 156 valence electrons. The van der Waals surface area contributed by atoms with Crippen LogP contribution in [0.4, 0.5) is 13.2 Å². The third-order valence-corrected chi connectivity index (χ3v) is 5.01. The number of amides is 1. The molecule has 1 heterocycles. The van der Waals surface area contributed by atoms with Crippen molar-refractivity contribution in [3.63, 3.8) is 0 Å². The summed E-state index contributed by atoms with van der Waals surface area (Å²) in [5.41, 5.74) is 0. The van der Waals surface area contributed by atoms with Gasteiger partial charge in [-0.25, -0.2) is 0 Å². The molecule has 2 fully saturated rings. The number of halogens is 3. The molecule has 2 aliphatic rings. The number of carbonyl (C=O) groups is 1. The van der Waals surface area contributed by atoms with Crippen LogP contribution in [0, 0.1) is 5.92 Å². The molecule has 3 N–H and O–H groups in total. The van der Waals surface area contributed by atoms with Crippen molar-refractivity contribution < 1.29 is 18.0 Å². The van der Waals surface area contributed by atoms with Gasteiger partial charge >= 0.3 is 6.18 Å². The Bertz CT molecular complexity index is 492. The van der Waals surface area contributed by atoms with Crippen LogP contribution < -0.4 is 16.0 Å². The number of hydrogen-bond acceptors (Lipinski definition) is 3. The van der Waals surface area contributed by atoms with Gasteiger partial charge in [0.2, 0.25) is 5.91 Å². The minimum Gasteiger partial charge on any atom is -0.357 e. The first kappa shape index (κ1) is 21.8. The maximum absolute atomic E-state index is 12.5. The Morgan fingerprint density at radius 2 is 1.93 bits per heavy atom. The van der Waals surface area contributed by atoms with Crippen LogP contribution in [0.2, 0.25) is 0 Å². The van der Waals surface area contributed by atoms with Crippen LogP contribution in [-0.2, 0) is 4.79 Å². The van der Waals surface area contributed by atoms with Gasteiger partial charge in [0, 0.05) is 38.6 Å². The summed E-state index contributed by atoms with van der Waals surface area (Å²) in [7, 11) is 0. The maximum Gasteiger partial charge on any atom is 0.401 e. The fourth-order valence-electron chi connectivity index (χ4n) is 3.77.